The molecule has 1 aliphatic heterocycles. The maximum Gasteiger partial charge on any atom is 0.234 e. The second-order valence-corrected chi connectivity index (χ2v) is 5.55. The van der Waals surface area contributed by atoms with Gasteiger partial charge in [-0.3, -0.25) is 9.69 Å². The van der Waals surface area contributed by atoms with Crippen LogP contribution in [-0.2, 0) is 4.79 Å². The monoisotopic (exact) mass is 255 g/mol. The Labute approximate surface area is 111 Å². The van der Waals surface area contributed by atoms with Crippen molar-refractivity contribution >= 4 is 5.91 Å². The van der Waals surface area contributed by atoms with E-state index in [2.05, 4.69) is 31.0 Å². The number of nitrogens with one attached hydrogen (secondary N) is 1. The van der Waals surface area contributed by atoms with E-state index < -0.39 is 0 Å². The summed E-state index contributed by atoms with van der Waals surface area (Å²) in [5.41, 5.74) is 5.92. The molecule has 1 fully saturated rings. The molecule has 0 radical (unpaired) electrons. The van der Waals surface area contributed by atoms with Crippen LogP contribution < -0.4 is 11.1 Å². The van der Waals surface area contributed by atoms with E-state index >= 15 is 0 Å². The van der Waals surface area contributed by atoms with Gasteiger partial charge in [-0.2, -0.15) is 0 Å². The van der Waals surface area contributed by atoms with Crippen molar-refractivity contribution in [3.05, 3.63) is 0 Å². The van der Waals surface area contributed by atoms with E-state index in [0.29, 0.717) is 18.5 Å². The molecule has 1 rings (SSSR count). The summed E-state index contributed by atoms with van der Waals surface area (Å²) in [6.07, 6.45) is 4.26. The van der Waals surface area contributed by atoms with Crippen LogP contribution in [-0.4, -0.2) is 42.5 Å². The Hall–Kier alpha value is -0.610. The molecule has 1 heterocycles. The third-order valence-electron chi connectivity index (χ3n) is 4.09. The highest BCUT2D eigenvalue weighted by atomic mass is 16.2. The van der Waals surface area contributed by atoms with Crippen molar-refractivity contribution in [3.8, 4) is 0 Å². The highest BCUT2D eigenvalue weighted by molar-refractivity contribution is 5.78. The Balaban J connectivity index is 2.26. The minimum absolute atomic E-state index is 0.169. The van der Waals surface area contributed by atoms with E-state index in [9.17, 15) is 4.79 Å². The zero-order chi connectivity index (χ0) is 13.5. The number of likely N-dealkylation sites (tertiary alicyclic amines) is 1. The average molecular weight is 255 g/mol. The van der Waals surface area contributed by atoms with Gasteiger partial charge in [-0.15, -0.1) is 0 Å². The van der Waals surface area contributed by atoms with Gasteiger partial charge < -0.3 is 11.1 Å². The third-order valence-corrected chi connectivity index (χ3v) is 4.09. The number of hydrogen-bond donors (Lipinski definition) is 2. The van der Waals surface area contributed by atoms with Gasteiger partial charge in [0.2, 0.25) is 5.91 Å². The first-order chi connectivity index (χ1) is 8.56. The van der Waals surface area contributed by atoms with Crippen LogP contribution in [0, 0.1) is 5.92 Å². The Morgan fingerprint density at radius 2 is 1.89 bits per heavy atom. The summed E-state index contributed by atoms with van der Waals surface area (Å²) in [5.74, 6) is 0.797. The van der Waals surface area contributed by atoms with E-state index in [4.69, 9.17) is 5.73 Å². The maximum atomic E-state index is 11.9. The van der Waals surface area contributed by atoms with Crippen molar-refractivity contribution in [1.82, 2.24) is 10.2 Å². The first-order valence-corrected chi connectivity index (χ1v) is 7.34. The van der Waals surface area contributed by atoms with Gasteiger partial charge in [0.05, 0.1) is 6.54 Å². The number of nitrogens with two attached hydrogens (primary N) is 1. The van der Waals surface area contributed by atoms with Gasteiger partial charge in [-0.25, -0.2) is 0 Å². The molecule has 3 N–H and O–H groups in total. The Morgan fingerprint density at radius 1 is 1.33 bits per heavy atom. The van der Waals surface area contributed by atoms with Crippen LogP contribution in [0.4, 0.5) is 0 Å². The van der Waals surface area contributed by atoms with Gasteiger partial charge in [0.15, 0.2) is 0 Å². The molecular weight excluding hydrogens is 226 g/mol. The van der Waals surface area contributed by atoms with Gasteiger partial charge in [-0.1, -0.05) is 13.8 Å². The van der Waals surface area contributed by atoms with Crippen molar-refractivity contribution in [2.75, 3.05) is 19.6 Å². The molecule has 106 valence electrons. The Kier molecular flexibility index (Phi) is 6.65. The molecule has 4 nitrogen and oxygen atoms in total. The van der Waals surface area contributed by atoms with Gasteiger partial charge in [0.1, 0.15) is 0 Å². The van der Waals surface area contributed by atoms with Gasteiger partial charge in [0, 0.05) is 12.1 Å². The summed E-state index contributed by atoms with van der Waals surface area (Å²) < 4.78 is 0. The van der Waals surface area contributed by atoms with Crippen LogP contribution in [0.3, 0.4) is 0 Å². The molecule has 1 atom stereocenters. The lowest BCUT2D eigenvalue weighted by molar-refractivity contribution is -0.123. The van der Waals surface area contributed by atoms with E-state index in [-0.39, 0.29) is 11.9 Å². The second-order valence-electron chi connectivity index (χ2n) is 5.55. The third kappa shape index (κ3) is 4.94. The fourth-order valence-electron chi connectivity index (χ4n) is 2.61. The fraction of sp³-hybridized carbons (Fsp3) is 0.929. The molecule has 1 amide bonds. The van der Waals surface area contributed by atoms with Crippen LogP contribution >= 0.6 is 0 Å². The topological polar surface area (TPSA) is 58.4 Å². The molecule has 1 unspecified atom stereocenters. The lowest BCUT2D eigenvalue weighted by Gasteiger charge is -2.33. The van der Waals surface area contributed by atoms with Gasteiger partial charge in [0.25, 0.3) is 0 Å². The van der Waals surface area contributed by atoms with Gasteiger partial charge >= 0.3 is 0 Å². The summed E-state index contributed by atoms with van der Waals surface area (Å²) in [5, 5.41) is 3.09. The quantitative estimate of drug-likeness (QED) is 0.753. The molecule has 0 saturated carbocycles. The summed E-state index contributed by atoms with van der Waals surface area (Å²) in [7, 11) is 0. The Bertz CT molecular complexity index is 243. The van der Waals surface area contributed by atoms with Crippen molar-refractivity contribution in [2.24, 2.45) is 11.7 Å². The van der Waals surface area contributed by atoms with E-state index in [1.807, 2.05) is 0 Å². The smallest absolute Gasteiger partial charge is 0.234 e. The maximum absolute atomic E-state index is 11.9. The number of carbonyl (C=O) groups excluding carboxylic acids is 1. The summed E-state index contributed by atoms with van der Waals surface area (Å²) in [6.45, 7) is 8.86. The van der Waals surface area contributed by atoms with Crippen molar-refractivity contribution in [2.45, 2.75) is 58.5 Å². The van der Waals surface area contributed by atoms with E-state index in [0.717, 1.165) is 38.8 Å². The lowest BCUT2D eigenvalue weighted by Crippen LogP contribution is -2.46. The standard InChI is InChI=1S/C14H29N3O/c1-4-13(5-2)16-14(18)10-17-8-6-12(7-9-17)11(3)15/h11-13H,4-10,15H2,1-3H3,(H,16,18). The fourth-order valence-corrected chi connectivity index (χ4v) is 2.61. The highest BCUT2D eigenvalue weighted by Crippen LogP contribution is 2.19. The molecule has 0 bridgehead atoms. The molecule has 0 aromatic carbocycles. The number of piperidine rings is 1. The van der Waals surface area contributed by atoms with E-state index in [1.165, 1.54) is 0 Å². The van der Waals surface area contributed by atoms with E-state index in [1.54, 1.807) is 0 Å². The predicted octanol–water partition coefficient (Wildman–Crippen LogP) is 1.35. The predicted molar refractivity (Wildman–Crippen MR) is 75.3 cm³/mol. The van der Waals surface area contributed by atoms with Crippen LogP contribution in [0.1, 0.15) is 46.5 Å². The summed E-state index contributed by atoms with van der Waals surface area (Å²) in [6, 6.07) is 0.615. The van der Waals surface area contributed by atoms with Crippen LogP contribution in [0.2, 0.25) is 0 Å². The number of carbonyl (C=O) groups is 1. The highest BCUT2D eigenvalue weighted by Gasteiger charge is 2.23. The molecular formula is C14H29N3O. The summed E-state index contributed by atoms with van der Waals surface area (Å²) in [4.78, 5) is 14.1. The zero-order valence-corrected chi connectivity index (χ0v) is 12.1. The molecule has 0 aromatic rings. The SMILES string of the molecule is CCC(CC)NC(=O)CN1CCC(C(C)N)CC1. The van der Waals surface area contributed by atoms with Crippen molar-refractivity contribution in [3.63, 3.8) is 0 Å². The molecule has 0 spiro atoms. The molecule has 0 aliphatic carbocycles. The Morgan fingerprint density at radius 3 is 2.33 bits per heavy atom. The molecule has 0 aromatic heterocycles. The minimum Gasteiger partial charge on any atom is -0.352 e. The number of hydrogen-bond acceptors (Lipinski definition) is 3. The average Bonchev–Trinajstić information content (AvgIpc) is 2.36. The molecule has 1 aliphatic rings. The van der Waals surface area contributed by atoms with Crippen LogP contribution in [0.5, 0.6) is 0 Å². The lowest BCUT2D eigenvalue weighted by atomic mass is 9.91. The number of nitrogens with zero attached hydrogens (tertiary/aromatic N) is 1. The number of amides is 1. The summed E-state index contributed by atoms with van der Waals surface area (Å²) >= 11 is 0. The normalized spacial score (nSPS) is 20.1. The number of rotatable bonds is 6. The van der Waals surface area contributed by atoms with Crippen molar-refractivity contribution < 1.29 is 4.79 Å². The second kappa shape index (κ2) is 7.74. The largest absolute Gasteiger partial charge is 0.352 e. The van der Waals surface area contributed by atoms with Crippen LogP contribution in [0.15, 0.2) is 0 Å². The molecule has 4 heteroatoms. The van der Waals surface area contributed by atoms with Gasteiger partial charge in [-0.05, 0) is 51.6 Å². The molecule has 1 saturated heterocycles. The first kappa shape index (κ1) is 15.4. The zero-order valence-electron chi connectivity index (χ0n) is 12.1. The molecule has 18 heavy (non-hydrogen) atoms. The first-order valence-electron chi connectivity index (χ1n) is 7.34. The van der Waals surface area contributed by atoms with Crippen LogP contribution in [0.25, 0.3) is 0 Å². The van der Waals surface area contributed by atoms with Crippen molar-refractivity contribution in [1.29, 1.82) is 0 Å². The minimum atomic E-state index is 0.169.